The van der Waals surface area contributed by atoms with Crippen LogP contribution in [-0.2, 0) is 4.79 Å². The van der Waals surface area contributed by atoms with E-state index in [-0.39, 0.29) is 6.04 Å². The summed E-state index contributed by atoms with van der Waals surface area (Å²) < 4.78 is 0. The highest BCUT2D eigenvalue weighted by molar-refractivity contribution is 5.83. The Morgan fingerprint density at radius 1 is 1.41 bits per heavy atom. The molecule has 17 heavy (non-hydrogen) atoms. The van der Waals surface area contributed by atoms with Crippen LogP contribution in [0.3, 0.4) is 0 Å². The van der Waals surface area contributed by atoms with E-state index in [1.54, 1.807) is 0 Å². The molecule has 1 unspecified atom stereocenters. The first-order chi connectivity index (χ1) is 8.09. The van der Waals surface area contributed by atoms with Crippen LogP contribution in [0.1, 0.15) is 46.5 Å². The van der Waals surface area contributed by atoms with Crippen molar-refractivity contribution in [3.63, 3.8) is 0 Å². The lowest BCUT2D eigenvalue weighted by Crippen LogP contribution is -2.54. The highest BCUT2D eigenvalue weighted by Crippen LogP contribution is 2.27. The maximum Gasteiger partial charge on any atom is 0.240 e. The fraction of sp³-hybridized carbons (Fsp3) is 0.786. The third kappa shape index (κ3) is 2.71. The quantitative estimate of drug-likeness (QED) is 0.745. The molecule has 0 aromatic rings. The van der Waals surface area contributed by atoms with Crippen LogP contribution in [0.5, 0.6) is 0 Å². The molecule has 0 bridgehead atoms. The first kappa shape index (κ1) is 12.6. The summed E-state index contributed by atoms with van der Waals surface area (Å²) in [5.74, 6) is 0.293. The number of hydrogen-bond donors (Lipinski definition) is 1. The Hall–Kier alpha value is -0.830. The molecule has 2 heterocycles. The van der Waals surface area contributed by atoms with Gasteiger partial charge in [-0.2, -0.15) is 0 Å². The second-order valence-corrected chi connectivity index (χ2v) is 5.63. The third-order valence-electron chi connectivity index (χ3n) is 3.77. The number of nitrogens with one attached hydrogen (secondary N) is 1. The van der Waals surface area contributed by atoms with Crippen LogP contribution in [0.4, 0.5) is 0 Å². The van der Waals surface area contributed by atoms with E-state index in [0.717, 1.165) is 19.3 Å². The first-order valence-electron chi connectivity index (χ1n) is 6.84. The van der Waals surface area contributed by atoms with Crippen molar-refractivity contribution >= 4 is 5.91 Å². The van der Waals surface area contributed by atoms with Gasteiger partial charge in [0.05, 0.1) is 12.1 Å². The van der Waals surface area contributed by atoms with E-state index in [1.165, 1.54) is 6.42 Å². The molecule has 2 aliphatic rings. The zero-order valence-electron chi connectivity index (χ0n) is 11.1. The van der Waals surface area contributed by atoms with Gasteiger partial charge in [-0.25, -0.2) is 0 Å². The van der Waals surface area contributed by atoms with E-state index >= 15 is 0 Å². The van der Waals surface area contributed by atoms with Gasteiger partial charge in [0.2, 0.25) is 5.91 Å². The fourth-order valence-corrected chi connectivity index (χ4v) is 2.99. The van der Waals surface area contributed by atoms with Gasteiger partial charge in [0, 0.05) is 12.1 Å². The maximum absolute atomic E-state index is 12.5. The molecule has 0 aromatic carbocycles. The smallest absolute Gasteiger partial charge is 0.240 e. The lowest BCUT2D eigenvalue weighted by molar-refractivity contribution is -0.138. The van der Waals surface area contributed by atoms with Gasteiger partial charge in [0.25, 0.3) is 0 Å². The van der Waals surface area contributed by atoms with E-state index in [9.17, 15) is 4.79 Å². The van der Waals surface area contributed by atoms with E-state index in [2.05, 4.69) is 43.1 Å². The number of hydrogen-bond acceptors (Lipinski definition) is 2. The molecular formula is C14H24N2O. The van der Waals surface area contributed by atoms with E-state index < -0.39 is 0 Å². The number of fused-ring (bicyclic) bond motifs is 1. The Bertz CT molecular complexity index is 311. The molecular weight excluding hydrogens is 212 g/mol. The number of piperidine rings is 1. The van der Waals surface area contributed by atoms with Crippen molar-refractivity contribution < 1.29 is 4.79 Å². The molecule has 1 fully saturated rings. The summed E-state index contributed by atoms with van der Waals surface area (Å²) >= 11 is 0. The molecule has 3 atom stereocenters. The molecule has 3 heteroatoms. The minimum atomic E-state index is -0.0307. The Labute approximate surface area is 104 Å². The van der Waals surface area contributed by atoms with Gasteiger partial charge in [0.1, 0.15) is 0 Å². The van der Waals surface area contributed by atoms with Crippen LogP contribution >= 0.6 is 0 Å². The number of carbonyl (C=O) groups excluding carboxylic acids is 1. The Balaban J connectivity index is 2.15. The van der Waals surface area contributed by atoms with Crippen molar-refractivity contribution in [3.8, 4) is 0 Å². The number of nitrogens with zero attached hydrogens (tertiary/aromatic N) is 1. The fourth-order valence-electron chi connectivity index (χ4n) is 2.99. The molecule has 2 rings (SSSR count). The van der Waals surface area contributed by atoms with E-state index in [4.69, 9.17) is 0 Å². The number of rotatable bonds is 2. The zero-order chi connectivity index (χ0) is 12.4. The average molecular weight is 236 g/mol. The lowest BCUT2D eigenvalue weighted by atomic mass is 9.96. The predicted molar refractivity (Wildman–Crippen MR) is 69.8 cm³/mol. The number of carbonyl (C=O) groups is 1. The Kier molecular flexibility index (Phi) is 3.87. The third-order valence-corrected chi connectivity index (χ3v) is 3.77. The molecule has 3 nitrogen and oxygen atoms in total. The van der Waals surface area contributed by atoms with Crippen LogP contribution in [0.2, 0.25) is 0 Å². The highest BCUT2D eigenvalue weighted by atomic mass is 16.2. The summed E-state index contributed by atoms with van der Waals surface area (Å²) in [6, 6.07) is 1.05. The van der Waals surface area contributed by atoms with Crippen LogP contribution < -0.4 is 5.32 Å². The highest BCUT2D eigenvalue weighted by Gasteiger charge is 2.35. The SMILES string of the molecule is CC(C)N[C@H]1CC=CC2CCC[C@@H](C)N2C1=O. The molecule has 0 aliphatic carbocycles. The minimum Gasteiger partial charge on any atom is -0.332 e. The van der Waals surface area contributed by atoms with Crippen LogP contribution in [0, 0.1) is 0 Å². The summed E-state index contributed by atoms with van der Waals surface area (Å²) in [5.41, 5.74) is 0. The standard InChI is InChI=1S/C14H24N2O/c1-10(2)15-13-9-5-8-12-7-4-6-11(3)16(12)14(13)17/h5,8,10-13,15H,4,6-7,9H2,1-3H3/t11-,12?,13+/m1/s1. The molecule has 0 saturated carbocycles. The normalized spacial score (nSPS) is 33.8. The lowest BCUT2D eigenvalue weighted by Gasteiger charge is -2.40. The summed E-state index contributed by atoms with van der Waals surface area (Å²) in [6.45, 7) is 6.37. The summed E-state index contributed by atoms with van der Waals surface area (Å²) in [7, 11) is 0. The molecule has 1 amide bonds. The molecule has 0 spiro atoms. The molecule has 1 saturated heterocycles. The summed E-state index contributed by atoms with van der Waals surface area (Å²) in [6.07, 6.45) is 8.75. The van der Waals surface area contributed by atoms with Crippen molar-refractivity contribution in [3.05, 3.63) is 12.2 Å². The van der Waals surface area contributed by atoms with Gasteiger partial charge in [-0.05, 0) is 32.6 Å². The first-order valence-corrected chi connectivity index (χ1v) is 6.84. The molecule has 96 valence electrons. The molecule has 2 aliphatic heterocycles. The van der Waals surface area contributed by atoms with Gasteiger partial charge < -0.3 is 10.2 Å². The second kappa shape index (κ2) is 5.21. The Morgan fingerprint density at radius 2 is 2.18 bits per heavy atom. The molecule has 0 aromatic heterocycles. The average Bonchev–Trinajstić information content (AvgIpc) is 2.40. The van der Waals surface area contributed by atoms with Gasteiger partial charge in [-0.3, -0.25) is 4.79 Å². The van der Waals surface area contributed by atoms with Gasteiger partial charge in [-0.1, -0.05) is 26.0 Å². The Morgan fingerprint density at radius 3 is 2.88 bits per heavy atom. The maximum atomic E-state index is 12.5. The predicted octanol–water partition coefficient (Wildman–Crippen LogP) is 2.08. The van der Waals surface area contributed by atoms with Gasteiger partial charge in [-0.15, -0.1) is 0 Å². The van der Waals surface area contributed by atoms with Crippen molar-refractivity contribution in [2.75, 3.05) is 0 Å². The van der Waals surface area contributed by atoms with Crippen molar-refractivity contribution in [2.45, 2.75) is 70.6 Å². The van der Waals surface area contributed by atoms with E-state index in [0.29, 0.717) is 24.0 Å². The van der Waals surface area contributed by atoms with Crippen molar-refractivity contribution in [1.82, 2.24) is 10.2 Å². The van der Waals surface area contributed by atoms with Gasteiger partial charge >= 0.3 is 0 Å². The monoisotopic (exact) mass is 236 g/mol. The van der Waals surface area contributed by atoms with Crippen LogP contribution in [0.25, 0.3) is 0 Å². The van der Waals surface area contributed by atoms with Crippen molar-refractivity contribution in [2.24, 2.45) is 0 Å². The van der Waals surface area contributed by atoms with Crippen LogP contribution in [-0.4, -0.2) is 35.0 Å². The minimum absolute atomic E-state index is 0.0307. The molecule has 0 radical (unpaired) electrons. The second-order valence-electron chi connectivity index (χ2n) is 5.63. The zero-order valence-corrected chi connectivity index (χ0v) is 11.1. The summed E-state index contributed by atoms with van der Waals surface area (Å²) in [5, 5.41) is 3.38. The largest absolute Gasteiger partial charge is 0.332 e. The molecule has 1 N–H and O–H groups in total. The summed E-state index contributed by atoms with van der Waals surface area (Å²) in [4.78, 5) is 14.7. The topological polar surface area (TPSA) is 32.3 Å². The van der Waals surface area contributed by atoms with Gasteiger partial charge in [0.15, 0.2) is 0 Å². The van der Waals surface area contributed by atoms with Crippen molar-refractivity contribution in [1.29, 1.82) is 0 Å². The van der Waals surface area contributed by atoms with E-state index in [1.807, 2.05) is 0 Å². The van der Waals surface area contributed by atoms with Crippen LogP contribution in [0.15, 0.2) is 12.2 Å². The number of amides is 1.